The van der Waals surface area contributed by atoms with Crippen molar-refractivity contribution in [2.45, 2.75) is 24.3 Å². The molecule has 1 aromatic rings. The smallest absolute Gasteiger partial charge is 0.0573 e. The highest BCUT2D eigenvalue weighted by molar-refractivity contribution is 7.98. The van der Waals surface area contributed by atoms with Gasteiger partial charge in [0, 0.05) is 17.1 Å². The topological polar surface area (TPSA) is 24.9 Å². The first-order valence-corrected chi connectivity index (χ1v) is 5.71. The summed E-state index contributed by atoms with van der Waals surface area (Å²) in [5.74, 6) is 0. The number of aromatic nitrogens is 1. The van der Waals surface area contributed by atoms with Gasteiger partial charge in [-0.3, -0.25) is 4.98 Å². The van der Waals surface area contributed by atoms with Gasteiger partial charge in [-0.2, -0.15) is 0 Å². The van der Waals surface area contributed by atoms with Crippen LogP contribution in [0.4, 0.5) is 0 Å². The third kappa shape index (κ3) is 2.71. The molecular formula is C10H16N2S. The number of nitrogens with zero attached hydrogens (tertiary/aromatic N) is 1. The van der Waals surface area contributed by atoms with Crippen LogP contribution in [0.1, 0.15) is 25.1 Å². The molecule has 0 aromatic carbocycles. The first kappa shape index (κ1) is 10.5. The molecule has 0 radical (unpaired) electrons. The number of pyridine rings is 1. The average molecular weight is 196 g/mol. The predicted octanol–water partition coefficient (Wildman–Crippen LogP) is 2.47. The molecule has 0 amide bonds. The maximum Gasteiger partial charge on any atom is 0.0573 e. The second kappa shape index (κ2) is 5.25. The van der Waals surface area contributed by atoms with Gasteiger partial charge in [0.2, 0.25) is 0 Å². The monoisotopic (exact) mass is 196 g/mol. The first-order chi connectivity index (χ1) is 6.31. The minimum absolute atomic E-state index is 0.385. The van der Waals surface area contributed by atoms with Gasteiger partial charge in [0.1, 0.15) is 0 Å². The van der Waals surface area contributed by atoms with Crippen molar-refractivity contribution < 1.29 is 0 Å². The molecule has 1 N–H and O–H groups in total. The van der Waals surface area contributed by atoms with E-state index in [1.165, 1.54) is 4.90 Å². The summed E-state index contributed by atoms with van der Waals surface area (Å²) in [6.45, 7) is 2.16. The van der Waals surface area contributed by atoms with E-state index in [0.29, 0.717) is 6.04 Å². The second-order valence-corrected chi connectivity index (χ2v) is 3.75. The van der Waals surface area contributed by atoms with Crippen molar-refractivity contribution in [1.29, 1.82) is 0 Å². The Morgan fingerprint density at radius 2 is 2.31 bits per heavy atom. The van der Waals surface area contributed by atoms with Gasteiger partial charge >= 0.3 is 0 Å². The van der Waals surface area contributed by atoms with Crippen LogP contribution in [0.15, 0.2) is 23.2 Å². The maximum absolute atomic E-state index is 4.41. The fourth-order valence-corrected chi connectivity index (χ4v) is 1.64. The van der Waals surface area contributed by atoms with Gasteiger partial charge in [0.25, 0.3) is 0 Å². The molecule has 0 aliphatic heterocycles. The van der Waals surface area contributed by atoms with E-state index < -0.39 is 0 Å². The SMILES string of the molecule is CCC(NC)c1ccc(SC)cn1. The molecule has 0 saturated carbocycles. The summed E-state index contributed by atoms with van der Waals surface area (Å²) in [7, 11) is 1.97. The lowest BCUT2D eigenvalue weighted by molar-refractivity contribution is 0.561. The van der Waals surface area contributed by atoms with E-state index in [2.05, 4.69) is 35.6 Å². The van der Waals surface area contributed by atoms with Gasteiger partial charge in [-0.25, -0.2) is 0 Å². The fourth-order valence-electron chi connectivity index (χ4n) is 1.28. The van der Waals surface area contributed by atoms with Crippen molar-refractivity contribution in [3.05, 3.63) is 24.0 Å². The van der Waals surface area contributed by atoms with Crippen LogP contribution in [0.5, 0.6) is 0 Å². The van der Waals surface area contributed by atoms with E-state index in [4.69, 9.17) is 0 Å². The Bertz CT molecular complexity index is 242. The number of hydrogen-bond donors (Lipinski definition) is 1. The quantitative estimate of drug-likeness (QED) is 0.749. The standard InChI is InChI=1S/C10H16N2S/c1-4-9(11-2)10-6-5-8(13-3)7-12-10/h5-7,9,11H,4H2,1-3H3. The molecule has 1 unspecified atom stereocenters. The van der Waals surface area contributed by atoms with Gasteiger partial charge < -0.3 is 5.32 Å². The van der Waals surface area contributed by atoms with Crippen molar-refractivity contribution in [2.75, 3.05) is 13.3 Å². The largest absolute Gasteiger partial charge is 0.312 e. The third-order valence-electron chi connectivity index (χ3n) is 2.11. The highest BCUT2D eigenvalue weighted by Crippen LogP contribution is 2.17. The average Bonchev–Trinajstić information content (AvgIpc) is 2.21. The van der Waals surface area contributed by atoms with Crippen LogP contribution in [0, 0.1) is 0 Å². The van der Waals surface area contributed by atoms with Crippen LogP contribution in [-0.4, -0.2) is 18.3 Å². The number of hydrogen-bond acceptors (Lipinski definition) is 3. The minimum Gasteiger partial charge on any atom is -0.312 e. The van der Waals surface area contributed by atoms with Crippen LogP contribution >= 0.6 is 11.8 Å². The molecule has 0 spiro atoms. The third-order valence-corrected chi connectivity index (χ3v) is 2.82. The van der Waals surface area contributed by atoms with E-state index in [1.54, 1.807) is 11.8 Å². The molecule has 1 heterocycles. The number of nitrogens with one attached hydrogen (secondary N) is 1. The molecule has 0 aliphatic rings. The molecule has 1 rings (SSSR count). The Morgan fingerprint density at radius 3 is 2.69 bits per heavy atom. The van der Waals surface area contributed by atoms with Crippen molar-refractivity contribution in [3.8, 4) is 0 Å². The molecule has 2 nitrogen and oxygen atoms in total. The predicted molar refractivity (Wildman–Crippen MR) is 58.1 cm³/mol. The summed E-state index contributed by atoms with van der Waals surface area (Å²) in [4.78, 5) is 5.63. The van der Waals surface area contributed by atoms with Crippen LogP contribution in [-0.2, 0) is 0 Å². The summed E-state index contributed by atoms with van der Waals surface area (Å²) in [6, 6.07) is 4.60. The van der Waals surface area contributed by atoms with Gasteiger partial charge in [-0.15, -0.1) is 11.8 Å². The van der Waals surface area contributed by atoms with Crippen molar-refractivity contribution in [2.24, 2.45) is 0 Å². The van der Waals surface area contributed by atoms with Crippen LogP contribution in [0.2, 0.25) is 0 Å². The van der Waals surface area contributed by atoms with E-state index in [9.17, 15) is 0 Å². The van der Waals surface area contributed by atoms with Crippen LogP contribution in [0.3, 0.4) is 0 Å². The summed E-state index contributed by atoms with van der Waals surface area (Å²) in [6.07, 6.45) is 5.06. The highest BCUT2D eigenvalue weighted by Gasteiger charge is 2.06. The Hall–Kier alpha value is -0.540. The summed E-state index contributed by atoms with van der Waals surface area (Å²) < 4.78 is 0. The van der Waals surface area contributed by atoms with Crippen molar-refractivity contribution >= 4 is 11.8 Å². The molecule has 0 saturated heterocycles. The second-order valence-electron chi connectivity index (χ2n) is 2.87. The van der Waals surface area contributed by atoms with E-state index in [1.807, 2.05) is 13.2 Å². The van der Waals surface area contributed by atoms with Gasteiger partial charge in [-0.05, 0) is 31.9 Å². The van der Waals surface area contributed by atoms with E-state index >= 15 is 0 Å². The maximum atomic E-state index is 4.41. The highest BCUT2D eigenvalue weighted by atomic mass is 32.2. The van der Waals surface area contributed by atoms with Crippen molar-refractivity contribution in [1.82, 2.24) is 10.3 Å². The lowest BCUT2D eigenvalue weighted by atomic mass is 10.1. The molecule has 13 heavy (non-hydrogen) atoms. The minimum atomic E-state index is 0.385. The van der Waals surface area contributed by atoms with Gasteiger partial charge in [0.15, 0.2) is 0 Å². The molecule has 3 heteroatoms. The Balaban J connectivity index is 2.78. The molecule has 1 atom stereocenters. The van der Waals surface area contributed by atoms with Crippen molar-refractivity contribution in [3.63, 3.8) is 0 Å². The molecule has 0 fully saturated rings. The molecule has 0 aliphatic carbocycles. The zero-order valence-corrected chi connectivity index (χ0v) is 9.19. The molecular weight excluding hydrogens is 180 g/mol. The normalized spacial score (nSPS) is 12.8. The fraction of sp³-hybridized carbons (Fsp3) is 0.500. The molecule has 72 valence electrons. The first-order valence-electron chi connectivity index (χ1n) is 4.49. The Labute approximate surface area is 84.1 Å². The molecule has 1 aromatic heterocycles. The molecule has 0 bridgehead atoms. The zero-order valence-electron chi connectivity index (χ0n) is 8.37. The number of rotatable bonds is 4. The summed E-state index contributed by atoms with van der Waals surface area (Å²) >= 11 is 1.72. The summed E-state index contributed by atoms with van der Waals surface area (Å²) in [5, 5.41) is 3.24. The van der Waals surface area contributed by atoms with Gasteiger partial charge in [-0.1, -0.05) is 6.92 Å². The van der Waals surface area contributed by atoms with Gasteiger partial charge in [0.05, 0.1) is 5.69 Å². The Kier molecular flexibility index (Phi) is 4.25. The Morgan fingerprint density at radius 1 is 1.54 bits per heavy atom. The lowest BCUT2D eigenvalue weighted by Crippen LogP contribution is -2.16. The summed E-state index contributed by atoms with van der Waals surface area (Å²) in [5.41, 5.74) is 1.13. The van der Waals surface area contributed by atoms with Crippen LogP contribution < -0.4 is 5.32 Å². The number of thioether (sulfide) groups is 1. The van der Waals surface area contributed by atoms with E-state index in [0.717, 1.165) is 12.1 Å². The zero-order chi connectivity index (χ0) is 9.68. The lowest BCUT2D eigenvalue weighted by Gasteiger charge is -2.12. The van der Waals surface area contributed by atoms with E-state index in [-0.39, 0.29) is 0 Å². The van der Waals surface area contributed by atoms with Crippen LogP contribution in [0.25, 0.3) is 0 Å².